The maximum atomic E-state index is 4.26. The second kappa shape index (κ2) is 7.94. The first-order valence-electron chi connectivity index (χ1n) is 7.55. The zero-order valence-electron chi connectivity index (χ0n) is 12.7. The van der Waals surface area contributed by atoms with Crippen LogP contribution in [-0.2, 0) is 13.6 Å². The highest BCUT2D eigenvalue weighted by molar-refractivity contribution is 5.79. The third-order valence-corrected chi connectivity index (χ3v) is 3.75. The first-order chi connectivity index (χ1) is 9.78. The van der Waals surface area contributed by atoms with Gasteiger partial charge in [-0.15, -0.1) is 0 Å². The van der Waals surface area contributed by atoms with Gasteiger partial charge in [-0.3, -0.25) is 4.99 Å². The minimum atomic E-state index is 0.810. The van der Waals surface area contributed by atoms with E-state index >= 15 is 0 Å². The molecule has 1 aromatic heterocycles. The molecule has 20 heavy (non-hydrogen) atoms. The SMILES string of the molecule is CN=C(NCCN1CCCCC1)NCc1ccn(C)c1. The summed E-state index contributed by atoms with van der Waals surface area (Å²) in [6.07, 6.45) is 8.27. The first-order valence-corrected chi connectivity index (χ1v) is 7.55. The van der Waals surface area contributed by atoms with Crippen LogP contribution in [-0.4, -0.2) is 48.7 Å². The Morgan fingerprint density at radius 3 is 2.70 bits per heavy atom. The van der Waals surface area contributed by atoms with Gasteiger partial charge >= 0.3 is 0 Å². The first kappa shape index (κ1) is 14.9. The number of likely N-dealkylation sites (tertiary alicyclic amines) is 1. The van der Waals surface area contributed by atoms with Crippen molar-refractivity contribution >= 4 is 5.96 Å². The Morgan fingerprint density at radius 1 is 1.25 bits per heavy atom. The minimum Gasteiger partial charge on any atom is -0.357 e. The second-order valence-corrected chi connectivity index (χ2v) is 5.44. The second-order valence-electron chi connectivity index (χ2n) is 5.44. The molecule has 1 fully saturated rings. The molecule has 0 amide bonds. The van der Waals surface area contributed by atoms with Crippen molar-refractivity contribution in [3.63, 3.8) is 0 Å². The number of hydrogen-bond acceptors (Lipinski definition) is 2. The summed E-state index contributed by atoms with van der Waals surface area (Å²) < 4.78 is 2.06. The van der Waals surface area contributed by atoms with Crippen LogP contribution in [0.3, 0.4) is 0 Å². The predicted molar refractivity (Wildman–Crippen MR) is 83.9 cm³/mol. The van der Waals surface area contributed by atoms with Crippen LogP contribution in [0.4, 0.5) is 0 Å². The molecule has 0 unspecified atom stereocenters. The van der Waals surface area contributed by atoms with Gasteiger partial charge in [-0.1, -0.05) is 6.42 Å². The zero-order chi connectivity index (χ0) is 14.2. The molecule has 0 aromatic carbocycles. The van der Waals surface area contributed by atoms with Gasteiger partial charge < -0.3 is 20.1 Å². The van der Waals surface area contributed by atoms with Gasteiger partial charge in [0.1, 0.15) is 0 Å². The summed E-state index contributed by atoms with van der Waals surface area (Å²) in [5.74, 6) is 0.880. The summed E-state index contributed by atoms with van der Waals surface area (Å²) in [6, 6.07) is 2.12. The Kier molecular flexibility index (Phi) is 5.92. The summed E-state index contributed by atoms with van der Waals surface area (Å²) >= 11 is 0. The molecular formula is C15H27N5. The Labute approximate surface area is 122 Å². The van der Waals surface area contributed by atoms with E-state index in [0.29, 0.717) is 0 Å². The molecule has 0 spiro atoms. The minimum absolute atomic E-state index is 0.810. The van der Waals surface area contributed by atoms with Gasteiger partial charge in [0.05, 0.1) is 0 Å². The Balaban J connectivity index is 1.64. The van der Waals surface area contributed by atoms with Crippen molar-refractivity contribution in [2.75, 3.05) is 33.2 Å². The fourth-order valence-electron chi connectivity index (χ4n) is 2.59. The van der Waals surface area contributed by atoms with Crippen LogP contribution in [0.15, 0.2) is 23.5 Å². The van der Waals surface area contributed by atoms with E-state index < -0.39 is 0 Å². The quantitative estimate of drug-likeness (QED) is 0.627. The molecule has 5 heteroatoms. The highest BCUT2D eigenvalue weighted by Crippen LogP contribution is 2.07. The van der Waals surface area contributed by atoms with Gasteiger partial charge in [0.25, 0.3) is 0 Å². The number of piperidine rings is 1. The van der Waals surface area contributed by atoms with Crippen molar-refractivity contribution < 1.29 is 0 Å². The van der Waals surface area contributed by atoms with Gasteiger partial charge in [-0.25, -0.2) is 0 Å². The summed E-state index contributed by atoms with van der Waals surface area (Å²) in [7, 11) is 3.86. The molecule has 1 aliphatic rings. The fourth-order valence-corrected chi connectivity index (χ4v) is 2.59. The Hall–Kier alpha value is -1.49. The number of nitrogens with zero attached hydrogens (tertiary/aromatic N) is 3. The third-order valence-electron chi connectivity index (χ3n) is 3.75. The van der Waals surface area contributed by atoms with E-state index in [4.69, 9.17) is 0 Å². The molecule has 1 aromatic rings. The van der Waals surface area contributed by atoms with Crippen molar-refractivity contribution in [2.24, 2.45) is 12.0 Å². The van der Waals surface area contributed by atoms with Crippen LogP contribution in [0.25, 0.3) is 0 Å². The Bertz CT molecular complexity index is 418. The van der Waals surface area contributed by atoms with Crippen LogP contribution >= 0.6 is 0 Å². The highest BCUT2D eigenvalue weighted by Gasteiger charge is 2.09. The third kappa shape index (κ3) is 4.89. The van der Waals surface area contributed by atoms with E-state index in [9.17, 15) is 0 Å². The van der Waals surface area contributed by atoms with Gasteiger partial charge in [0.15, 0.2) is 5.96 Å². The Morgan fingerprint density at radius 2 is 2.05 bits per heavy atom. The maximum absolute atomic E-state index is 4.26. The number of aromatic nitrogens is 1. The molecule has 0 bridgehead atoms. The normalized spacial score (nSPS) is 17.2. The number of guanidine groups is 1. The van der Waals surface area contributed by atoms with Crippen LogP contribution < -0.4 is 10.6 Å². The number of rotatable bonds is 5. The van der Waals surface area contributed by atoms with Crippen molar-refractivity contribution in [1.82, 2.24) is 20.1 Å². The van der Waals surface area contributed by atoms with Crippen LogP contribution in [0.2, 0.25) is 0 Å². The number of hydrogen-bond donors (Lipinski definition) is 2. The topological polar surface area (TPSA) is 44.6 Å². The number of nitrogens with one attached hydrogen (secondary N) is 2. The molecule has 1 saturated heterocycles. The van der Waals surface area contributed by atoms with Crippen LogP contribution in [0.5, 0.6) is 0 Å². The summed E-state index contributed by atoms with van der Waals surface area (Å²) in [4.78, 5) is 6.79. The molecule has 1 aliphatic heterocycles. The fraction of sp³-hybridized carbons (Fsp3) is 0.667. The molecule has 2 heterocycles. The molecule has 2 N–H and O–H groups in total. The van der Waals surface area contributed by atoms with E-state index in [1.807, 2.05) is 14.1 Å². The maximum Gasteiger partial charge on any atom is 0.191 e. The van der Waals surface area contributed by atoms with Gasteiger partial charge in [0, 0.05) is 46.1 Å². The van der Waals surface area contributed by atoms with Crippen molar-refractivity contribution in [3.8, 4) is 0 Å². The molecule has 0 saturated carbocycles. The molecular weight excluding hydrogens is 250 g/mol. The van der Waals surface area contributed by atoms with Crippen molar-refractivity contribution in [1.29, 1.82) is 0 Å². The molecule has 112 valence electrons. The van der Waals surface area contributed by atoms with E-state index in [1.54, 1.807) is 0 Å². The molecule has 0 radical (unpaired) electrons. The monoisotopic (exact) mass is 277 g/mol. The lowest BCUT2D eigenvalue weighted by Gasteiger charge is -2.26. The molecule has 2 rings (SSSR count). The summed E-state index contributed by atoms with van der Waals surface area (Å²) in [5, 5.41) is 6.73. The highest BCUT2D eigenvalue weighted by atomic mass is 15.2. The number of aryl methyl sites for hydroxylation is 1. The zero-order valence-corrected chi connectivity index (χ0v) is 12.7. The smallest absolute Gasteiger partial charge is 0.191 e. The lowest BCUT2D eigenvalue weighted by atomic mass is 10.1. The average molecular weight is 277 g/mol. The summed E-state index contributed by atoms with van der Waals surface area (Å²) in [5.41, 5.74) is 1.27. The lowest BCUT2D eigenvalue weighted by molar-refractivity contribution is 0.232. The van der Waals surface area contributed by atoms with E-state index in [0.717, 1.165) is 25.6 Å². The summed E-state index contributed by atoms with van der Waals surface area (Å²) in [6.45, 7) is 5.36. The number of aliphatic imine (C=N–C) groups is 1. The largest absolute Gasteiger partial charge is 0.357 e. The molecule has 0 atom stereocenters. The van der Waals surface area contributed by atoms with Gasteiger partial charge in [-0.2, -0.15) is 0 Å². The van der Waals surface area contributed by atoms with Crippen molar-refractivity contribution in [2.45, 2.75) is 25.8 Å². The van der Waals surface area contributed by atoms with Gasteiger partial charge in [-0.05, 0) is 37.6 Å². The molecule has 5 nitrogen and oxygen atoms in total. The lowest BCUT2D eigenvalue weighted by Crippen LogP contribution is -2.42. The van der Waals surface area contributed by atoms with E-state index in [1.165, 1.54) is 37.9 Å². The standard InChI is InChI=1S/C15H27N5/c1-16-15(18-12-14-6-10-19(2)13-14)17-7-11-20-8-4-3-5-9-20/h6,10,13H,3-5,7-9,11-12H2,1-2H3,(H2,16,17,18). The van der Waals surface area contributed by atoms with Gasteiger partial charge in [0.2, 0.25) is 0 Å². The van der Waals surface area contributed by atoms with E-state index in [-0.39, 0.29) is 0 Å². The van der Waals surface area contributed by atoms with E-state index in [2.05, 4.69) is 43.6 Å². The molecule has 0 aliphatic carbocycles. The van der Waals surface area contributed by atoms with Crippen molar-refractivity contribution in [3.05, 3.63) is 24.0 Å². The predicted octanol–water partition coefficient (Wildman–Crippen LogP) is 1.18. The van der Waals surface area contributed by atoms with Crippen LogP contribution in [0.1, 0.15) is 24.8 Å². The average Bonchev–Trinajstić information content (AvgIpc) is 2.89. The van der Waals surface area contributed by atoms with Crippen LogP contribution in [0, 0.1) is 0 Å².